The Hall–Kier alpha value is -1.46. The van der Waals surface area contributed by atoms with Gasteiger partial charge in [0.25, 0.3) is 0 Å². The van der Waals surface area contributed by atoms with Crippen molar-refractivity contribution in [2.24, 2.45) is 4.99 Å². The molecule has 2 aromatic rings. The third-order valence-corrected chi connectivity index (χ3v) is 6.69. The van der Waals surface area contributed by atoms with Crippen LogP contribution in [0.25, 0.3) is 0 Å². The molecule has 9 heteroatoms. The molecule has 1 unspecified atom stereocenters. The van der Waals surface area contributed by atoms with Crippen LogP contribution in [-0.4, -0.2) is 44.2 Å². The first-order valence-electron chi connectivity index (χ1n) is 8.92. The SMILES string of the molecule is CN=C(NCCS(=O)Cc1ccccc1)NCc1ccc(S(C)(=O)=O)c(C)c1.I. The molecule has 0 heterocycles. The average Bonchev–Trinajstić information content (AvgIpc) is 2.64. The molecule has 2 rings (SSSR count). The summed E-state index contributed by atoms with van der Waals surface area (Å²) in [5.41, 5.74) is 2.75. The van der Waals surface area contributed by atoms with Crippen molar-refractivity contribution in [3.63, 3.8) is 0 Å². The average molecular weight is 550 g/mol. The van der Waals surface area contributed by atoms with Crippen molar-refractivity contribution in [2.45, 2.75) is 24.1 Å². The van der Waals surface area contributed by atoms with Crippen LogP contribution in [0, 0.1) is 6.92 Å². The Bertz CT molecular complexity index is 949. The second kappa shape index (κ2) is 12.3. The Balaban J connectivity index is 0.00000420. The van der Waals surface area contributed by atoms with Gasteiger partial charge in [-0.15, -0.1) is 24.0 Å². The lowest BCUT2D eigenvalue weighted by atomic mass is 10.1. The number of sulfone groups is 1. The van der Waals surface area contributed by atoms with Crippen LogP contribution in [0.5, 0.6) is 0 Å². The summed E-state index contributed by atoms with van der Waals surface area (Å²) in [4.78, 5) is 4.51. The molecule has 1 atom stereocenters. The van der Waals surface area contributed by atoms with Gasteiger partial charge in [-0.25, -0.2) is 8.42 Å². The summed E-state index contributed by atoms with van der Waals surface area (Å²) in [5.74, 6) is 1.68. The van der Waals surface area contributed by atoms with Crippen molar-refractivity contribution in [3.05, 3.63) is 65.2 Å². The highest BCUT2D eigenvalue weighted by Crippen LogP contribution is 2.16. The predicted octanol–water partition coefficient (Wildman–Crippen LogP) is 2.63. The van der Waals surface area contributed by atoms with Crippen LogP contribution < -0.4 is 10.6 Å². The van der Waals surface area contributed by atoms with E-state index in [-0.39, 0.29) is 24.0 Å². The summed E-state index contributed by atoms with van der Waals surface area (Å²) in [5, 5.41) is 6.34. The van der Waals surface area contributed by atoms with Crippen molar-refractivity contribution in [1.82, 2.24) is 10.6 Å². The number of aliphatic imine (C=N–C) groups is 1. The zero-order valence-electron chi connectivity index (χ0n) is 16.8. The molecule has 29 heavy (non-hydrogen) atoms. The van der Waals surface area contributed by atoms with E-state index >= 15 is 0 Å². The van der Waals surface area contributed by atoms with Crippen molar-refractivity contribution in [1.29, 1.82) is 0 Å². The molecule has 160 valence electrons. The van der Waals surface area contributed by atoms with Gasteiger partial charge in [0.1, 0.15) is 0 Å². The summed E-state index contributed by atoms with van der Waals surface area (Å²) < 4.78 is 35.6. The maximum atomic E-state index is 12.2. The lowest BCUT2D eigenvalue weighted by Gasteiger charge is -2.13. The molecule has 0 saturated heterocycles. The molecule has 2 N–H and O–H groups in total. The van der Waals surface area contributed by atoms with E-state index in [0.29, 0.717) is 35.5 Å². The summed E-state index contributed by atoms with van der Waals surface area (Å²) in [6.07, 6.45) is 1.21. The van der Waals surface area contributed by atoms with Gasteiger partial charge in [-0.2, -0.15) is 0 Å². The topological polar surface area (TPSA) is 87.6 Å². The molecule has 0 radical (unpaired) electrons. The van der Waals surface area contributed by atoms with Gasteiger partial charge >= 0.3 is 0 Å². The van der Waals surface area contributed by atoms with E-state index < -0.39 is 20.6 Å². The molecule has 0 spiro atoms. The number of halogens is 1. The molecule has 0 fully saturated rings. The van der Waals surface area contributed by atoms with Gasteiger partial charge in [-0.1, -0.05) is 42.5 Å². The molecular formula is C20H28IN3O3S2. The maximum absolute atomic E-state index is 12.2. The number of hydrogen-bond acceptors (Lipinski definition) is 4. The van der Waals surface area contributed by atoms with Crippen molar-refractivity contribution in [3.8, 4) is 0 Å². The van der Waals surface area contributed by atoms with Crippen LogP contribution in [0.3, 0.4) is 0 Å². The van der Waals surface area contributed by atoms with Crippen molar-refractivity contribution >= 4 is 50.6 Å². The number of nitrogens with zero attached hydrogens (tertiary/aromatic N) is 1. The van der Waals surface area contributed by atoms with E-state index in [9.17, 15) is 12.6 Å². The molecule has 0 aliphatic rings. The largest absolute Gasteiger partial charge is 0.355 e. The second-order valence-electron chi connectivity index (χ2n) is 6.50. The third kappa shape index (κ3) is 8.83. The smallest absolute Gasteiger partial charge is 0.191 e. The number of guanidine groups is 1. The van der Waals surface area contributed by atoms with Gasteiger partial charge in [0.05, 0.1) is 4.90 Å². The Morgan fingerprint density at radius 1 is 1.07 bits per heavy atom. The van der Waals surface area contributed by atoms with Crippen LogP contribution in [-0.2, 0) is 32.9 Å². The van der Waals surface area contributed by atoms with Crippen LogP contribution >= 0.6 is 24.0 Å². The fourth-order valence-corrected chi connectivity index (χ4v) is 4.76. The first kappa shape index (κ1) is 25.6. The fourth-order valence-electron chi connectivity index (χ4n) is 2.76. The molecule has 6 nitrogen and oxygen atoms in total. The van der Waals surface area contributed by atoms with E-state index in [0.717, 1.165) is 16.7 Å². The minimum Gasteiger partial charge on any atom is -0.355 e. The summed E-state index contributed by atoms with van der Waals surface area (Å²) in [6.45, 7) is 2.85. The van der Waals surface area contributed by atoms with Crippen molar-refractivity contribution < 1.29 is 12.6 Å². The van der Waals surface area contributed by atoms with E-state index in [1.54, 1.807) is 26.1 Å². The lowest BCUT2D eigenvalue weighted by molar-refractivity contribution is 0.601. The number of hydrogen-bond donors (Lipinski definition) is 2. The quantitative estimate of drug-likeness (QED) is 0.301. The second-order valence-corrected chi connectivity index (χ2v) is 10.1. The minimum atomic E-state index is -3.21. The van der Waals surface area contributed by atoms with Crippen LogP contribution in [0.2, 0.25) is 0 Å². The molecule has 0 bridgehead atoms. The highest BCUT2D eigenvalue weighted by atomic mass is 127. The predicted molar refractivity (Wildman–Crippen MR) is 131 cm³/mol. The first-order chi connectivity index (χ1) is 13.3. The molecular weight excluding hydrogens is 521 g/mol. The number of rotatable bonds is 8. The highest BCUT2D eigenvalue weighted by Gasteiger charge is 2.11. The fraction of sp³-hybridized carbons (Fsp3) is 0.350. The zero-order chi connectivity index (χ0) is 20.6. The van der Waals surface area contributed by atoms with Crippen molar-refractivity contribution in [2.75, 3.05) is 25.6 Å². The molecule has 0 aromatic heterocycles. The number of aryl methyl sites for hydroxylation is 1. The summed E-state index contributed by atoms with van der Waals surface area (Å²) in [7, 11) is -2.49. The summed E-state index contributed by atoms with van der Waals surface area (Å²) in [6, 6.07) is 15.1. The Morgan fingerprint density at radius 2 is 1.76 bits per heavy atom. The van der Waals surface area contributed by atoms with E-state index in [2.05, 4.69) is 15.6 Å². The zero-order valence-corrected chi connectivity index (χ0v) is 20.8. The molecule has 0 aliphatic carbocycles. The number of benzene rings is 2. The molecule has 0 saturated carbocycles. The molecule has 0 aliphatic heterocycles. The van der Waals surface area contributed by atoms with Crippen LogP contribution in [0.1, 0.15) is 16.7 Å². The monoisotopic (exact) mass is 549 g/mol. The summed E-state index contributed by atoms with van der Waals surface area (Å²) >= 11 is 0. The van der Waals surface area contributed by atoms with E-state index in [1.807, 2.05) is 36.4 Å². The Morgan fingerprint density at radius 3 is 2.34 bits per heavy atom. The lowest BCUT2D eigenvalue weighted by Crippen LogP contribution is -2.38. The van der Waals surface area contributed by atoms with E-state index in [1.165, 1.54) is 6.26 Å². The van der Waals surface area contributed by atoms with Gasteiger partial charge in [0.15, 0.2) is 15.8 Å². The van der Waals surface area contributed by atoms with Gasteiger partial charge in [-0.05, 0) is 29.7 Å². The third-order valence-electron chi connectivity index (χ3n) is 4.12. The van der Waals surface area contributed by atoms with Gasteiger partial charge < -0.3 is 10.6 Å². The van der Waals surface area contributed by atoms with Crippen LogP contribution in [0.4, 0.5) is 0 Å². The molecule has 0 amide bonds. The standard InChI is InChI=1S/C20H27N3O3S2.HI/c1-16-13-18(9-10-19(16)28(3,25)26)14-23-20(21-2)22-11-12-27(24)15-17-7-5-4-6-8-17;/h4-10,13H,11-12,14-15H2,1-3H3,(H2,21,22,23);1H. The first-order valence-corrected chi connectivity index (χ1v) is 12.3. The highest BCUT2D eigenvalue weighted by molar-refractivity contribution is 14.0. The van der Waals surface area contributed by atoms with Gasteiger partial charge in [0, 0.05) is 48.7 Å². The number of nitrogens with one attached hydrogen (secondary N) is 2. The van der Waals surface area contributed by atoms with Gasteiger partial charge in [0.2, 0.25) is 0 Å². The Kier molecular flexibility index (Phi) is 10.8. The Labute approximate surface area is 193 Å². The van der Waals surface area contributed by atoms with E-state index in [4.69, 9.17) is 0 Å². The normalized spacial score (nSPS) is 12.7. The minimum absolute atomic E-state index is 0. The van der Waals surface area contributed by atoms with Crippen LogP contribution in [0.15, 0.2) is 58.4 Å². The molecule has 2 aromatic carbocycles. The van der Waals surface area contributed by atoms with Gasteiger partial charge in [-0.3, -0.25) is 9.20 Å². The maximum Gasteiger partial charge on any atom is 0.191 e.